The highest BCUT2D eigenvalue weighted by atomic mass is 16.6. The van der Waals surface area contributed by atoms with E-state index in [-0.39, 0.29) is 18.4 Å². The van der Waals surface area contributed by atoms with E-state index in [1.165, 1.54) is 33.8 Å². The zero-order chi connectivity index (χ0) is 32.4. The van der Waals surface area contributed by atoms with Crippen molar-refractivity contribution in [2.75, 3.05) is 6.61 Å². The summed E-state index contributed by atoms with van der Waals surface area (Å²) >= 11 is 0. The molecule has 2 unspecified atom stereocenters. The lowest BCUT2D eigenvalue weighted by atomic mass is 9.56. The Morgan fingerprint density at radius 1 is 0.907 bits per heavy atom. The number of hydrogen-bond donors (Lipinski definition) is 1. The summed E-state index contributed by atoms with van der Waals surface area (Å²) in [6, 6.07) is 0. The summed E-state index contributed by atoms with van der Waals surface area (Å²) in [4.78, 5) is 74.8. The topological polar surface area (TPSA) is 178 Å². The average molecular weight is 609 g/mol. The van der Waals surface area contributed by atoms with Gasteiger partial charge in [-0.05, 0) is 19.9 Å². The maximum absolute atomic E-state index is 13.1. The molecule has 1 heterocycles. The Labute approximate surface area is 249 Å². The second-order valence-electron chi connectivity index (χ2n) is 11.6. The van der Waals surface area contributed by atoms with Crippen molar-refractivity contribution in [3.8, 4) is 0 Å². The number of aliphatic hydroxyl groups is 1. The van der Waals surface area contributed by atoms with Gasteiger partial charge >= 0.3 is 35.8 Å². The molecular weight excluding hydrogens is 568 g/mol. The monoisotopic (exact) mass is 608 g/mol. The molecule has 3 rings (SSSR count). The predicted molar refractivity (Wildman–Crippen MR) is 146 cm³/mol. The van der Waals surface area contributed by atoms with Crippen LogP contribution in [0.25, 0.3) is 0 Å². The van der Waals surface area contributed by atoms with E-state index < -0.39 is 95.8 Å². The van der Waals surface area contributed by atoms with E-state index >= 15 is 0 Å². The molecule has 13 heteroatoms. The van der Waals surface area contributed by atoms with Gasteiger partial charge in [-0.3, -0.25) is 28.8 Å². The molecule has 1 saturated heterocycles. The summed E-state index contributed by atoms with van der Waals surface area (Å²) in [7, 11) is 0. The largest absolute Gasteiger partial charge is 0.462 e. The first-order chi connectivity index (χ1) is 19.9. The molecule has 0 amide bonds. The quantitative estimate of drug-likeness (QED) is 0.263. The highest BCUT2D eigenvalue weighted by Crippen LogP contribution is 2.55. The van der Waals surface area contributed by atoms with Gasteiger partial charge in [-0.15, -0.1) is 0 Å². The van der Waals surface area contributed by atoms with E-state index in [4.69, 9.17) is 28.4 Å². The maximum Gasteiger partial charge on any atom is 0.312 e. The average Bonchev–Trinajstić information content (AvgIpc) is 3.09. The number of rotatable bonds is 6. The molecule has 238 valence electrons. The summed E-state index contributed by atoms with van der Waals surface area (Å²) in [5.41, 5.74) is -2.96. The molecule has 43 heavy (non-hydrogen) atoms. The van der Waals surface area contributed by atoms with Crippen LogP contribution in [0, 0.1) is 17.3 Å². The molecule has 3 aliphatic rings. The van der Waals surface area contributed by atoms with Crippen LogP contribution in [0.2, 0.25) is 0 Å². The van der Waals surface area contributed by atoms with Gasteiger partial charge < -0.3 is 33.5 Å². The molecule has 0 spiro atoms. The van der Waals surface area contributed by atoms with E-state index in [1.807, 2.05) is 0 Å². The van der Waals surface area contributed by atoms with Gasteiger partial charge in [-0.25, -0.2) is 0 Å². The zero-order valence-corrected chi connectivity index (χ0v) is 25.7. The lowest BCUT2D eigenvalue weighted by molar-refractivity contribution is -0.218. The minimum Gasteiger partial charge on any atom is -0.462 e. The van der Waals surface area contributed by atoms with Crippen LogP contribution >= 0.6 is 0 Å². The highest BCUT2D eigenvalue weighted by molar-refractivity contribution is 5.78. The van der Waals surface area contributed by atoms with Crippen molar-refractivity contribution in [1.29, 1.82) is 0 Å². The van der Waals surface area contributed by atoms with Crippen molar-refractivity contribution in [3.05, 3.63) is 23.3 Å². The predicted octanol–water partition coefficient (Wildman–Crippen LogP) is 1.87. The Morgan fingerprint density at radius 3 is 2.00 bits per heavy atom. The summed E-state index contributed by atoms with van der Waals surface area (Å²) in [5, 5.41) is 12.5. The zero-order valence-electron chi connectivity index (χ0n) is 25.7. The van der Waals surface area contributed by atoms with Crippen molar-refractivity contribution >= 4 is 35.8 Å². The van der Waals surface area contributed by atoms with Gasteiger partial charge in [0.15, 0.2) is 11.7 Å². The Kier molecular flexibility index (Phi) is 10.1. The maximum atomic E-state index is 13.1. The van der Waals surface area contributed by atoms with E-state index in [2.05, 4.69) is 0 Å². The van der Waals surface area contributed by atoms with Crippen LogP contribution in [0.15, 0.2) is 23.3 Å². The fourth-order valence-electron chi connectivity index (χ4n) is 6.58. The van der Waals surface area contributed by atoms with E-state index in [0.29, 0.717) is 5.57 Å². The molecule has 1 fully saturated rings. The van der Waals surface area contributed by atoms with Crippen LogP contribution in [0.1, 0.15) is 68.2 Å². The third-order valence-electron chi connectivity index (χ3n) is 8.57. The van der Waals surface area contributed by atoms with E-state index in [1.54, 1.807) is 19.9 Å². The molecule has 0 aromatic carbocycles. The molecule has 0 bridgehead atoms. The molecule has 1 aliphatic heterocycles. The minimum absolute atomic E-state index is 0.114. The lowest BCUT2D eigenvalue weighted by Crippen LogP contribution is -2.65. The first kappa shape index (κ1) is 33.8. The van der Waals surface area contributed by atoms with Crippen LogP contribution in [-0.4, -0.2) is 83.7 Å². The Morgan fingerprint density at radius 2 is 1.47 bits per heavy atom. The fourth-order valence-corrected chi connectivity index (χ4v) is 6.58. The number of esters is 6. The number of fused-ring (bicyclic) bond motifs is 2. The fraction of sp³-hybridized carbons (Fsp3) is 0.667. The highest BCUT2D eigenvalue weighted by Gasteiger charge is 2.67. The van der Waals surface area contributed by atoms with Gasteiger partial charge in [0.25, 0.3) is 0 Å². The lowest BCUT2D eigenvalue weighted by Gasteiger charge is -2.55. The molecule has 9 atom stereocenters. The number of hydrogen-bond acceptors (Lipinski definition) is 13. The summed E-state index contributed by atoms with van der Waals surface area (Å²) in [6.07, 6.45) is -3.32. The van der Waals surface area contributed by atoms with Crippen molar-refractivity contribution in [3.63, 3.8) is 0 Å². The van der Waals surface area contributed by atoms with E-state index in [0.717, 1.165) is 13.8 Å². The Hall–Kier alpha value is -3.74. The molecule has 0 aromatic heterocycles. The van der Waals surface area contributed by atoms with Gasteiger partial charge in [-0.2, -0.15) is 0 Å². The number of carbonyl (C=O) groups is 6. The van der Waals surface area contributed by atoms with Gasteiger partial charge in [0.2, 0.25) is 0 Å². The van der Waals surface area contributed by atoms with Crippen molar-refractivity contribution in [2.45, 2.75) is 104 Å². The van der Waals surface area contributed by atoms with Gasteiger partial charge in [0.05, 0.1) is 11.3 Å². The van der Waals surface area contributed by atoms with Crippen LogP contribution in [-0.2, 0) is 57.2 Å². The van der Waals surface area contributed by atoms with E-state index in [9.17, 15) is 33.9 Å². The first-order valence-electron chi connectivity index (χ1n) is 14.0. The second-order valence-corrected chi connectivity index (χ2v) is 11.6. The van der Waals surface area contributed by atoms with Gasteiger partial charge in [-0.1, -0.05) is 18.6 Å². The third-order valence-corrected chi connectivity index (χ3v) is 8.57. The molecule has 13 nitrogen and oxygen atoms in total. The van der Waals surface area contributed by atoms with Crippen molar-refractivity contribution in [1.82, 2.24) is 0 Å². The molecule has 0 aromatic rings. The Bertz CT molecular complexity index is 1230. The van der Waals surface area contributed by atoms with Gasteiger partial charge in [0, 0.05) is 59.0 Å². The van der Waals surface area contributed by atoms with Crippen molar-refractivity contribution in [2.24, 2.45) is 17.3 Å². The summed E-state index contributed by atoms with van der Waals surface area (Å²) in [6.45, 7) is 10.2. The molecule has 2 aliphatic carbocycles. The van der Waals surface area contributed by atoms with Crippen LogP contribution in [0.4, 0.5) is 0 Å². The number of ether oxygens (including phenoxy) is 6. The summed E-state index contributed by atoms with van der Waals surface area (Å²) < 4.78 is 34.0. The molecule has 0 saturated carbocycles. The van der Waals surface area contributed by atoms with Crippen LogP contribution < -0.4 is 0 Å². The smallest absolute Gasteiger partial charge is 0.312 e. The standard InChI is InChI=1S/C30H40O13/c1-14-9-10-23(40-18(5)33)29(8)24(41-19(6)34)12-22(39-17(4)32)21(13-38-16(3)31)11-25-30(37,15(2)28(36)43-25)27(26(14)29)42-20(7)35/h9,11,15,22-27,37H,10,12-13H2,1-8H3/b21-11-/t15-,22?,23-,24+,25-,26+,27?,29+,30-/m0/s1. The van der Waals surface area contributed by atoms with Crippen LogP contribution in [0.3, 0.4) is 0 Å². The molecule has 1 N–H and O–H groups in total. The number of carbonyl (C=O) groups excluding carboxylic acids is 6. The normalized spacial score (nSPS) is 36.7. The Balaban J connectivity index is 2.46. The molecular formula is C30H40O13. The minimum atomic E-state index is -2.23. The molecule has 0 radical (unpaired) electrons. The first-order valence-corrected chi connectivity index (χ1v) is 14.0. The summed E-state index contributed by atoms with van der Waals surface area (Å²) in [5.74, 6) is -6.59. The van der Waals surface area contributed by atoms with Crippen molar-refractivity contribution < 1.29 is 62.3 Å². The second kappa shape index (κ2) is 12.9. The third kappa shape index (κ3) is 6.76. The van der Waals surface area contributed by atoms with Gasteiger partial charge in [0.1, 0.15) is 31.0 Å². The SMILES string of the molecule is CC(=O)OC/C1=C/[C@@H]2OC(=O)[C@H](C)[C@@]2(O)C(OC(C)=O)[C@H]2C(C)=CC[C@H](OC(C)=O)[C@]2(C)[C@H](OC(C)=O)CC1OC(C)=O. The van der Waals surface area contributed by atoms with Crippen LogP contribution in [0.5, 0.6) is 0 Å².